The van der Waals surface area contributed by atoms with Crippen LogP contribution in [0.15, 0.2) is 0 Å². The lowest BCUT2D eigenvalue weighted by Crippen LogP contribution is -2.45. The second kappa shape index (κ2) is 21.1. The van der Waals surface area contributed by atoms with Crippen molar-refractivity contribution >= 4 is 5.91 Å². The van der Waals surface area contributed by atoms with E-state index in [4.69, 9.17) is 0 Å². The lowest BCUT2D eigenvalue weighted by molar-refractivity contribution is -0.122. The molecule has 0 fully saturated rings. The highest BCUT2D eigenvalue weighted by Gasteiger charge is 2.19. The molecule has 0 aromatic carbocycles. The molecule has 4 nitrogen and oxygen atoms in total. The van der Waals surface area contributed by atoms with E-state index in [0.29, 0.717) is 12.8 Å². The molecule has 0 aromatic heterocycles. The van der Waals surface area contributed by atoms with Crippen LogP contribution in [0, 0.1) is 0 Å². The third kappa shape index (κ3) is 17.5. The number of nitrogens with one attached hydrogen (secondary N) is 1. The summed E-state index contributed by atoms with van der Waals surface area (Å²) < 4.78 is 0. The maximum absolute atomic E-state index is 11.4. The number of hydrogen-bond donors (Lipinski definition) is 3. The van der Waals surface area contributed by atoms with E-state index in [0.717, 1.165) is 12.8 Å². The summed E-state index contributed by atoms with van der Waals surface area (Å²) in [7, 11) is 0. The van der Waals surface area contributed by atoms with Crippen molar-refractivity contribution < 1.29 is 15.0 Å². The molecule has 1 amide bonds. The number of amides is 1. The Morgan fingerprint density at radius 2 is 1.11 bits per heavy atom. The Labute approximate surface area is 174 Å². The Bertz CT molecular complexity index is 336. The van der Waals surface area contributed by atoms with E-state index in [9.17, 15) is 15.0 Å². The summed E-state index contributed by atoms with van der Waals surface area (Å²) in [5.41, 5.74) is 0. The fourth-order valence-electron chi connectivity index (χ4n) is 3.68. The second-order valence-electron chi connectivity index (χ2n) is 8.37. The van der Waals surface area contributed by atoms with Crippen molar-refractivity contribution in [3.8, 4) is 0 Å². The molecule has 28 heavy (non-hydrogen) atoms. The normalized spacial score (nSPS) is 13.4. The Morgan fingerprint density at radius 3 is 1.46 bits per heavy atom. The topological polar surface area (TPSA) is 69.6 Å². The number of rotatable bonds is 21. The molecule has 0 saturated carbocycles. The highest BCUT2D eigenvalue weighted by Crippen LogP contribution is 2.14. The van der Waals surface area contributed by atoms with Crippen LogP contribution in [0.1, 0.15) is 129 Å². The van der Waals surface area contributed by atoms with Crippen LogP contribution in [0.4, 0.5) is 0 Å². The van der Waals surface area contributed by atoms with Crippen LogP contribution in [0.3, 0.4) is 0 Å². The zero-order valence-corrected chi connectivity index (χ0v) is 18.9. The molecule has 0 aliphatic carbocycles. The Balaban J connectivity index is 3.33. The van der Waals surface area contributed by atoms with Crippen LogP contribution in [0.5, 0.6) is 0 Å². The number of aliphatic hydroxyl groups excluding tert-OH is 2. The first-order valence-corrected chi connectivity index (χ1v) is 12.2. The highest BCUT2D eigenvalue weighted by molar-refractivity contribution is 5.75. The molecule has 0 spiro atoms. The molecule has 0 aliphatic rings. The van der Waals surface area contributed by atoms with E-state index in [-0.39, 0.29) is 12.5 Å². The van der Waals surface area contributed by atoms with Gasteiger partial charge in [-0.1, -0.05) is 117 Å². The molecule has 0 aliphatic heterocycles. The lowest BCUT2D eigenvalue weighted by atomic mass is 10.0. The third-order valence-electron chi connectivity index (χ3n) is 5.68. The highest BCUT2D eigenvalue weighted by atomic mass is 16.3. The molecule has 4 heteroatoms. The number of carbonyl (C=O) groups is 1. The Kier molecular flexibility index (Phi) is 20.6. The van der Waals surface area contributed by atoms with Gasteiger partial charge in [0, 0.05) is 6.42 Å². The third-order valence-corrected chi connectivity index (χ3v) is 5.68. The van der Waals surface area contributed by atoms with Crippen molar-refractivity contribution in [1.29, 1.82) is 0 Å². The molecule has 0 aromatic rings. The summed E-state index contributed by atoms with van der Waals surface area (Å²) in [6.07, 6.45) is 21.7. The van der Waals surface area contributed by atoms with Crippen LogP contribution in [-0.4, -0.2) is 34.9 Å². The van der Waals surface area contributed by atoms with Gasteiger partial charge in [0.2, 0.25) is 5.91 Å². The van der Waals surface area contributed by atoms with E-state index in [1.165, 1.54) is 89.9 Å². The maximum atomic E-state index is 11.4. The fraction of sp³-hybridized carbons (Fsp3) is 0.958. The zero-order chi connectivity index (χ0) is 20.9. The van der Waals surface area contributed by atoms with Crippen molar-refractivity contribution in [2.75, 3.05) is 6.61 Å². The molecule has 0 saturated heterocycles. The van der Waals surface area contributed by atoms with Gasteiger partial charge in [0.25, 0.3) is 0 Å². The standard InChI is InChI=1S/C24H49NO3/c1-3-5-6-7-8-9-10-11-12-13-14-15-16-17-18-19-20-23(27)22(21-26)25-24(28)4-2/h22-23,26-27H,3-21H2,1-2H3,(H,25,28). The Morgan fingerprint density at radius 1 is 0.714 bits per heavy atom. The van der Waals surface area contributed by atoms with Gasteiger partial charge in [-0.15, -0.1) is 0 Å². The number of carbonyl (C=O) groups excluding carboxylic acids is 1. The number of unbranched alkanes of at least 4 members (excludes halogenated alkanes) is 15. The summed E-state index contributed by atoms with van der Waals surface area (Å²) in [6.45, 7) is 3.84. The summed E-state index contributed by atoms with van der Waals surface area (Å²) in [5, 5.41) is 22.1. The van der Waals surface area contributed by atoms with Gasteiger partial charge in [-0.2, -0.15) is 0 Å². The Hall–Kier alpha value is -0.610. The van der Waals surface area contributed by atoms with E-state index in [1.54, 1.807) is 6.92 Å². The minimum atomic E-state index is -0.646. The summed E-state index contributed by atoms with van der Waals surface area (Å²) in [5.74, 6) is -0.120. The fourth-order valence-corrected chi connectivity index (χ4v) is 3.68. The first kappa shape index (κ1) is 27.4. The maximum Gasteiger partial charge on any atom is 0.220 e. The van der Waals surface area contributed by atoms with Crippen molar-refractivity contribution in [1.82, 2.24) is 5.32 Å². The van der Waals surface area contributed by atoms with E-state index < -0.39 is 12.1 Å². The molecule has 168 valence electrons. The van der Waals surface area contributed by atoms with E-state index >= 15 is 0 Å². The van der Waals surface area contributed by atoms with Gasteiger partial charge in [0.05, 0.1) is 18.8 Å². The molecule has 0 radical (unpaired) electrons. The second-order valence-corrected chi connectivity index (χ2v) is 8.37. The molecular formula is C24H49NO3. The van der Waals surface area contributed by atoms with Gasteiger partial charge in [0.15, 0.2) is 0 Å². The van der Waals surface area contributed by atoms with Crippen LogP contribution in [0.2, 0.25) is 0 Å². The quantitative estimate of drug-likeness (QED) is 0.211. The average molecular weight is 400 g/mol. The molecule has 3 N–H and O–H groups in total. The van der Waals surface area contributed by atoms with Gasteiger partial charge < -0.3 is 15.5 Å². The van der Waals surface area contributed by atoms with Crippen molar-refractivity contribution in [3.63, 3.8) is 0 Å². The first-order valence-electron chi connectivity index (χ1n) is 12.2. The van der Waals surface area contributed by atoms with Crippen molar-refractivity contribution in [2.24, 2.45) is 0 Å². The van der Waals surface area contributed by atoms with Crippen molar-refractivity contribution in [3.05, 3.63) is 0 Å². The summed E-state index contributed by atoms with van der Waals surface area (Å²) >= 11 is 0. The predicted octanol–water partition coefficient (Wildman–Crippen LogP) is 5.89. The molecule has 0 heterocycles. The van der Waals surface area contributed by atoms with Gasteiger partial charge in [-0.05, 0) is 6.42 Å². The summed E-state index contributed by atoms with van der Waals surface area (Å²) in [6, 6.07) is -0.524. The molecular weight excluding hydrogens is 350 g/mol. The van der Waals surface area contributed by atoms with Gasteiger partial charge in [-0.3, -0.25) is 4.79 Å². The number of aliphatic hydroxyl groups is 2. The van der Waals surface area contributed by atoms with E-state index in [1.807, 2.05) is 0 Å². The van der Waals surface area contributed by atoms with Gasteiger partial charge in [-0.25, -0.2) is 0 Å². The predicted molar refractivity (Wildman–Crippen MR) is 119 cm³/mol. The van der Waals surface area contributed by atoms with Crippen molar-refractivity contribution in [2.45, 2.75) is 142 Å². The molecule has 0 rings (SSSR count). The van der Waals surface area contributed by atoms with Crippen LogP contribution < -0.4 is 5.32 Å². The molecule has 2 atom stereocenters. The molecule has 0 bridgehead atoms. The first-order chi connectivity index (χ1) is 13.7. The number of hydrogen-bond acceptors (Lipinski definition) is 3. The van der Waals surface area contributed by atoms with E-state index in [2.05, 4.69) is 12.2 Å². The minimum absolute atomic E-state index is 0.120. The molecule has 2 unspecified atom stereocenters. The monoisotopic (exact) mass is 399 g/mol. The summed E-state index contributed by atoms with van der Waals surface area (Å²) in [4.78, 5) is 11.4. The van der Waals surface area contributed by atoms with Crippen LogP contribution >= 0.6 is 0 Å². The van der Waals surface area contributed by atoms with Crippen LogP contribution in [-0.2, 0) is 4.79 Å². The lowest BCUT2D eigenvalue weighted by Gasteiger charge is -2.22. The van der Waals surface area contributed by atoms with Gasteiger partial charge >= 0.3 is 0 Å². The SMILES string of the molecule is CCCCCCCCCCCCCCCCCCC(O)C(CO)NC(=O)CC. The average Bonchev–Trinajstić information content (AvgIpc) is 2.71. The van der Waals surface area contributed by atoms with Gasteiger partial charge in [0.1, 0.15) is 0 Å². The minimum Gasteiger partial charge on any atom is -0.394 e. The van der Waals surface area contributed by atoms with Crippen LogP contribution in [0.25, 0.3) is 0 Å². The zero-order valence-electron chi connectivity index (χ0n) is 18.9. The largest absolute Gasteiger partial charge is 0.394 e. The smallest absolute Gasteiger partial charge is 0.220 e.